The van der Waals surface area contributed by atoms with Crippen LogP contribution in [0.3, 0.4) is 0 Å². The maximum atomic E-state index is 11.9. The molecule has 0 bridgehead atoms. The number of benzene rings is 1. The van der Waals surface area contributed by atoms with Gasteiger partial charge in [0.2, 0.25) is 0 Å². The Labute approximate surface area is 92.3 Å². The molecule has 0 fully saturated rings. The zero-order chi connectivity index (χ0) is 11.5. The fourth-order valence-corrected chi connectivity index (χ4v) is 1.42. The third kappa shape index (κ3) is 1.93. The van der Waals surface area contributed by atoms with E-state index in [1.807, 2.05) is 6.07 Å². The molecule has 1 heterocycles. The smallest absolute Gasteiger partial charge is 0.347 e. The highest BCUT2D eigenvalue weighted by Gasteiger charge is 2.13. The summed E-state index contributed by atoms with van der Waals surface area (Å²) in [6.07, 6.45) is 0. The molecule has 0 amide bonds. The van der Waals surface area contributed by atoms with Crippen molar-refractivity contribution in [3.63, 3.8) is 0 Å². The summed E-state index contributed by atoms with van der Waals surface area (Å²) < 4.78 is 4.87. The van der Waals surface area contributed by atoms with Gasteiger partial charge in [-0.05, 0) is 19.1 Å². The average Bonchev–Trinajstić information content (AvgIpc) is 2.29. The van der Waals surface area contributed by atoms with Crippen LogP contribution in [0.15, 0.2) is 51.7 Å². The largest absolute Gasteiger partial charge is 0.428 e. The van der Waals surface area contributed by atoms with E-state index in [1.54, 1.807) is 37.3 Å². The van der Waals surface area contributed by atoms with Crippen LogP contribution in [0.1, 0.15) is 21.7 Å². The van der Waals surface area contributed by atoms with Gasteiger partial charge in [-0.15, -0.1) is 0 Å². The lowest BCUT2D eigenvalue weighted by Gasteiger charge is -1.99. The number of rotatable bonds is 2. The number of aryl methyl sites for hydroxylation is 1. The standard InChI is InChI=1S/C13H10O3/c1-9-7-8-11(13(15)16-9)12(14)10-5-3-2-4-6-10/h2-8H,1H3. The molecule has 0 saturated carbocycles. The van der Waals surface area contributed by atoms with E-state index < -0.39 is 5.63 Å². The van der Waals surface area contributed by atoms with Gasteiger partial charge in [0.1, 0.15) is 11.3 Å². The SMILES string of the molecule is Cc1ccc(C(=O)c2ccccc2)c(=O)o1. The molecule has 1 aromatic carbocycles. The van der Waals surface area contributed by atoms with Gasteiger partial charge in [-0.2, -0.15) is 0 Å². The maximum absolute atomic E-state index is 11.9. The Kier molecular flexibility index (Phi) is 2.68. The van der Waals surface area contributed by atoms with Crippen molar-refractivity contribution in [1.29, 1.82) is 0 Å². The molecule has 3 nitrogen and oxygen atoms in total. The van der Waals surface area contributed by atoms with E-state index in [2.05, 4.69) is 0 Å². The minimum atomic E-state index is -0.589. The minimum Gasteiger partial charge on any atom is -0.428 e. The summed E-state index contributed by atoms with van der Waals surface area (Å²) in [4.78, 5) is 23.4. The van der Waals surface area contributed by atoms with Gasteiger partial charge in [0.05, 0.1) is 0 Å². The van der Waals surface area contributed by atoms with E-state index >= 15 is 0 Å². The zero-order valence-electron chi connectivity index (χ0n) is 8.77. The second kappa shape index (κ2) is 4.14. The van der Waals surface area contributed by atoms with Crippen molar-refractivity contribution in [1.82, 2.24) is 0 Å². The first-order valence-corrected chi connectivity index (χ1v) is 4.89. The van der Waals surface area contributed by atoms with Crippen molar-refractivity contribution in [3.05, 3.63) is 69.8 Å². The van der Waals surface area contributed by atoms with E-state index in [4.69, 9.17) is 4.42 Å². The molecule has 0 aliphatic carbocycles. The molecule has 80 valence electrons. The number of hydrogen-bond donors (Lipinski definition) is 0. The molecule has 3 heteroatoms. The molecule has 0 saturated heterocycles. The predicted molar refractivity (Wildman–Crippen MR) is 59.6 cm³/mol. The predicted octanol–water partition coefficient (Wildman–Crippen LogP) is 2.18. The lowest BCUT2D eigenvalue weighted by atomic mass is 10.1. The molecule has 0 unspecified atom stereocenters. The van der Waals surface area contributed by atoms with Crippen LogP contribution < -0.4 is 5.63 Å². The Bertz CT molecular complexity index is 567. The van der Waals surface area contributed by atoms with Gasteiger partial charge < -0.3 is 4.42 Å². The van der Waals surface area contributed by atoms with Crippen LogP contribution >= 0.6 is 0 Å². The minimum absolute atomic E-state index is 0.0665. The van der Waals surface area contributed by atoms with Crippen molar-refractivity contribution >= 4 is 5.78 Å². The highest BCUT2D eigenvalue weighted by Crippen LogP contribution is 2.06. The van der Waals surface area contributed by atoms with Gasteiger partial charge in [0.25, 0.3) is 0 Å². The molecule has 0 N–H and O–H groups in total. The molecule has 2 aromatic rings. The summed E-state index contributed by atoms with van der Waals surface area (Å²) in [5.41, 5.74) is -0.0377. The third-order valence-electron chi connectivity index (χ3n) is 2.24. The van der Waals surface area contributed by atoms with Crippen LogP contribution in [0.25, 0.3) is 0 Å². The van der Waals surface area contributed by atoms with Crippen LogP contribution in [-0.2, 0) is 0 Å². The van der Waals surface area contributed by atoms with Gasteiger partial charge in [0.15, 0.2) is 5.78 Å². The molecule has 16 heavy (non-hydrogen) atoms. The fraction of sp³-hybridized carbons (Fsp3) is 0.0769. The molecule has 1 aromatic heterocycles. The lowest BCUT2D eigenvalue weighted by molar-refractivity contribution is 0.103. The summed E-state index contributed by atoms with van der Waals surface area (Å²) in [6, 6.07) is 11.8. The van der Waals surface area contributed by atoms with Gasteiger partial charge >= 0.3 is 5.63 Å². The quantitative estimate of drug-likeness (QED) is 0.720. The first-order chi connectivity index (χ1) is 7.68. The highest BCUT2D eigenvalue weighted by atomic mass is 16.4. The Hall–Kier alpha value is -2.16. The van der Waals surface area contributed by atoms with E-state index in [0.29, 0.717) is 11.3 Å². The van der Waals surface area contributed by atoms with E-state index in [1.165, 1.54) is 6.07 Å². The molecule has 2 rings (SSSR count). The second-order valence-electron chi connectivity index (χ2n) is 3.44. The number of carbonyl (C=O) groups excluding carboxylic acids is 1. The van der Waals surface area contributed by atoms with Crippen LogP contribution in [0.4, 0.5) is 0 Å². The van der Waals surface area contributed by atoms with Gasteiger partial charge in [0, 0.05) is 5.56 Å². The van der Waals surface area contributed by atoms with Gasteiger partial charge in [-0.3, -0.25) is 4.79 Å². The van der Waals surface area contributed by atoms with Crippen molar-refractivity contribution in [2.45, 2.75) is 6.92 Å². The lowest BCUT2D eigenvalue weighted by Crippen LogP contribution is -2.14. The first kappa shape index (κ1) is 10.4. The highest BCUT2D eigenvalue weighted by molar-refractivity contribution is 6.08. The molecule has 0 aliphatic heterocycles. The van der Waals surface area contributed by atoms with Crippen LogP contribution in [0.5, 0.6) is 0 Å². The summed E-state index contributed by atoms with van der Waals surface area (Å²) in [5.74, 6) is 0.184. The normalized spacial score (nSPS) is 10.1. The van der Waals surface area contributed by atoms with Gasteiger partial charge in [-0.25, -0.2) is 4.79 Å². The number of carbonyl (C=O) groups is 1. The number of hydrogen-bond acceptors (Lipinski definition) is 3. The molecule has 0 spiro atoms. The van der Waals surface area contributed by atoms with E-state index in [9.17, 15) is 9.59 Å². The number of ketones is 1. The maximum Gasteiger partial charge on any atom is 0.347 e. The third-order valence-corrected chi connectivity index (χ3v) is 2.24. The van der Waals surface area contributed by atoms with Crippen LogP contribution in [0.2, 0.25) is 0 Å². The monoisotopic (exact) mass is 214 g/mol. The average molecular weight is 214 g/mol. The van der Waals surface area contributed by atoms with E-state index in [-0.39, 0.29) is 11.3 Å². The molecule has 0 aliphatic rings. The van der Waals surface area contributed by atoms with Crippen LogP contribution in [-0.4, -0.2) is 5.78 Å². The molecular weight excluding hydrogens is 204 g/mol. The Morgan fingerprint density at radius 1 is 1.06 bits per heavy atom. The van der Waals surface area contributed by atoms with Crippen molar-refractivity contribution in [2.24, 2.45) is 0 Å². The summed E-state index contributed by atoms with van der Waals surface area (Å²) in [7, 11) is 0. The molecule has 0 atom stereocenters. The molecular formula is C13H10O3. The second-order valence-corrected chi connectivity index (χ2v) is 3.44. The summed E-state index contributed by atoms with van der Waals surface area (Å²) in [5, 5.41) is 0. The summed E-state index contributed by atoms with van der Waals surface area (Å²) in [6.45, 7) is 1.66. The Morgan fingerprint density at radius 3 is 2.38 bits per heavy atom. The van der Waals surface area contributed by atoms with Crippen molar-refractivity contribution < 1.29 is 9.21 Å². The van der Waals surface area contributed by atoms with Gasteiger partial charge in [-0.1, -0.05) is 30.3 Å². The van der Waals surface area contributed by atoms with Crippen molar-refractivity contribution in [2.75, 3.05) is 0 Å². The van der Waals surface area contributed by atoms with Crippen LogP contribution in [0, 0.1) is 6.92 Å². The Morgan fingerprint density at radius 2 is 1.75 bits per heavy atom. The fourth-order valence-electron chi connectivity index (χ4n) is 1.42. The van der Waals surface area contributed by atoms with Crippen molar-refractivity contribution in [3.8, 4) is 0 Å². The topological polar surface area (TPSA) is 47.3 Å². The Balaban J connectivity index is 2.47. The van der Waals surface area contributed by atoms with E-state index in [0.717, 1.165) is 0 Å². The first-order valence-electron chi connectivity index (χ1n) is 4.89. The molecule has 0 radical (unpaired) electrons. The zero-order valence-corrected chi connectivity index (χ0v) is 8.77. The summed E-state index contributed by atoms with van der Waals surface area (Å²) >= 11 is 0.